The zero-order chi connectivity index (χ0) is 21.6. The molecule has 160 valence electrons. The minimum Gasteiger partial charge on any atom is -0.494 e. The number of ether oxygens (including phenoxy) is 2. The molecule has 0 bridgehead atoms. The predicted octanol–water partition coefficient (Wildman–Crippen LogP) is 4.56. The van der Waals surface area contributed by atoms with Gasteiger partial charge < -0.3 is 19.0 Å². The third-order valence-corrected chi connectivity index (χ3v) is 5.68. The summed E-state index contributed by atoms with van der Waals surface area (Å²) in [6, 6.07) is 15.5. The summed E-state index contributed by atoms with van der Waals surface area (Å²) in [6.45, 7) is 0.262. The van der Waals surface area contributed by atoms with Crippen LogP contribution in [0.15, 0.2) is 64.0 Å². The highest BCUT2D eigenvalue weighted by molar-refractivity contribution is 7.09. The number of aryl methyl sites for hydroxylation is 2. The molecule has 0 spiro atoms. The zero-order valence-corrected chi connectivity index (χ0v) is 17.8. The maximum absolute atomic E-state index is 11.3. The summed E-state index contributed by atoms with van der Waals surface area (Å²) in [4.78, 5) is 18.6. The fraction of sp³-hybridized carbons (Fsp3) is 0.217. The van der Waals surface area contributed by atoms with Crippen molar-refractivity contribution in [2.24, 2.45) is 0 Å². The van der Waals surface area contributed by atoms with Gasteiger partial charge in [0.1, 0.15) is 18.6 Å². The van der Waals surface area contributed by atoms with Crippen LogP contribution in [-0.2, 0) is 19.4 Å². The molecule has 0 unspecified atom stereocenters. The largest absolute Gasteiger partial charge is 0.494 e. The molecule has 2 N–H and O–H groups in total. The molecule has 0 saturated carbocycles. The quantitative estimate of drug-likeness (QED) is 0.398. The van der Waals surface area contributed by atoms with Crippen molar-refractivity contribution in [1.82, 2.24) is 9.97 Å². The molecule has 0 aliphatic heterocycles. The lowest BCUT2D eigenvalue weighted by Gasteiger charge is -2.11. The van der Waals surface area contributed by atoms with Gasteiger partial charge in [0.15, 0.2) is 11.5 Å². The Morgan fingerprint density at radius 2 is 1.97 bits per heavy atom. The second kappa shape index (κ2) is 9.53. The van der Waals surface area contributed by atoms with Crippen molar-refractivity contribution in [2.75, 3.05) is 7.11 Å². The normalized spacial score (nSPS) is 10.9. The van der Waals surface area contributed by atoms with E-state index < -0.39 is 0 Å². The Hall–Kier alpha value is -3.52. The number of thiazole rings is 1. The lowest BCUT2D eigenvalue weighted by atomic mass is 10.1. The molecule has 2 aromatic carbocycles. The molecule has 0 amide bonds. The Morgan fingerprint density at radius 3 is 2.71 bits per heavy atom. The summed E-state index contributed by atoms with van der Waals surface area (Å²) >= 11 is 1.04. The van der Waals surface area contributed by atoms with Crippen molar-refractivity contribution >= 4 is 11.3 Å². The number of H-pyrrole nitrogens is 1. The van der Waals surface area contributed by atoms with Crippen LogP contribution in [0.25, 0.3) is 11.5 Å². The highest BCUT2D eigenvalue weighted by Gasteiger charge is 2.11. The van der Waals surface area contributed by atoms with E-state index in [4.69, 9.17) is 13.9 Å². The van der Waals surface area contributed by atoms with Crippen LogP contribution in [-0.4, -0.2) is 22.2 Å². The molecule has 2 heterocycles. The molecule has 4 aromatic rings. The van der Waals surface area contributed by atoms with E-state index >= 15 is 0 Å². The van der Waals surface area contributed by atoms with Crippen molar-refractivity contribution in [3.05, 3.63) is 80.6 Å². The molecule has 0 atom stereocenters. The van der Waals surface area contributed by atoms with E-state index in [0.717, 1.165) is 35.3 Å². The number of hydrogen-bond acceptors (Lipinski definition) is 7. The average Bonchev–Trinajstić information content (AvgIpc) is 3.39. The lowest BCUT2D eigenvalue weighted by molar-refractivity contribution is 0.280. The lowest BCUT2D eigenvalue weighted by Crippen LogP contribution is -1.99. The average molecular weight is 439 g/mol. The Kier molecular flexibility index (Phi) is 6.37. The molecule has 2 aromatic heterocycles. The monoisotopic (exact) mass is 438 g/mol. The van der Waals surface area contributed by atoms with Crippen LogP contribution in [0.1, 0.15) is 22.6 Å². The second-order valence-corrected chi connectivity index (χ2v) is 7.99. The number of methoxy groups -OCH3 is 1. The number of nitrogens with one attached hydrogen (secondary N) is 1. The molecule has 0 radical (unpaired) electrons. The maximum Gasteiger partial charge on any atom is 0.307 e. The van der Waals surface area contributed by atoms with Gasteiger partial charge in [0.2, 0.25) is 11.8 Å². The van der Waals surface area contributed by atoms with Gasteiger partial charge in [-0.25, -0.2) is 4.98 Å². The number of nitrogens with zero attached hydrogens (tertiary/aromatic N) is 1. The summed E-state index contributed by atoms with van der Waals surface area (Å²) < 4.78 is 16.9. The van der Waals surface area contributed by atoms with Crippen LogP contribution in [0.4, 0.5) is 0 Å². The molecule has 4 rings (SSSR count). The van der Waals surface area contributed by atoms with E-state index in [9.17, 15) is 9.90 Å². The Morgan fingerprint density at radius 1 is 1.13 bits per heavy atom. The summed E-state index contributed by atoms with van der Waals surface area (Å²) in [5.74, 6) is 1.79. The van der Waals surface area contributed by atoms with E-state index in [0.29, 0.717) is 34.4 Å². The van der Waals surface area contributed by atoms with E-state index in [1.54, 1.807) is 13.4 Å². The molecule has 7 nitrogen and oxygen atoms in total. The Balaban J connectivity index is 1.35. The van der Waals surface area contributed by atoms with Crippen molar-refractivity contribution in [3.8, 4) is 28.8 Å². The minimum atomic E-state index is -0.237. The van der Waals surface area contributed by atoms with Gasteiger partial charge in [-0.2, -0.15) is 0 Å². The third-order valence-electron chi connectivity index (χ3n) is 4.75. The van der Waals surface area contributed by atoms with Crippen molar-refractivity contribution in [1.29, 1.82) is 0 Å². The maximum atomic E-state index is 11.3. The number of aromatic hydroxyl groups is 1. The summed E-state index contributed by atoms with van der Waals surface area (Å²) in [5, 5.41) is 9.67. The van der Waals surface area contributed by atoms with Gasteiger partial charge in [-0.1, -0.05) is 35.6 Å². The molecule has 31 heavy (non-hydrogen) atoms. The SMILES string of the molecule is COc1cc(CCCc2sc(=O)[nH]c2O)ccc1OCc1coc(-c2ccccc2)n1. The highest BCUT2D eigenvalue weighted by Crippen LogP contribution is 2.30. The first-order valence-corrected chi connectivity index (χ1v) is 10.6. The van der Waals surface area contributed by atoms with Gasteiger partial charge in [-0.3, -0.25) is 9.78 Å². The van der Waals surface area contributed by atoms with Crippen LogP contribution in [0.2, 0.25) is 0 Å². The van der Waals surface area contributed by atoms with Gasteiger partial charge in [-0.05, 0) is 49.1 Å². The third kappa shape index (κ3) is 5.16. The van der Waals surface area contributed by atoms with Crippen LogP contribution in [0, 0.1) is 0 Å². The molecule has 8 heteroatoms. The van der Waals surface area contributed by atoms with Crippen molar-refractivity contribution < 1.29 is 19.0 Å². The first-order chi connectivity index (χ1) is 15.1. The first kappa shape index (κ1) is 20.7. The Labute approximate surface area is 182 Å². The Bertz CT molecular complexity index is 1200. The summed E-state index contributed by atoms with van der Waals surface area (Å²) in [6.07, 6.45) is 3.80. The van der Waals surface area contributed by atoms with Crippen molar-refractivity contribution in [2.45, 2.75) is 25.9 Å². The molecule has 0 aliphatic rings. The van der Waals surface area contributed by atoms with Gasteiger partial charge in [-0.15, -0.1) is 0 Å². The van der Waals surface area contributed by atoms with Crippen LogP contribution >= 0.6 is 11.3 Å². The zero-order valence-electron chi connectivity index (χ0n) is 17.0. The van der Waals surface area contributed by atoms with Crippen molar-refractivity contribution in [3.63, 3.8) is 0 Å². The summed E-state index contributed by atoms with van der Waals surface area (Å²) in [7, 11) is 1.60. The van der Waals surface area contributed by atoms with Crippen LogP contribution in [0.3, 0.4) is 0 Å². The second-order valence-electron chi connectivity index (χ2n) is 6.92. The first-order valence-electron chi connectivity index (χ1n) is 9.83. The molecule has 0 fully saturated rings. The smallest absolute Gasteiger partial charge is 0.307 e. The number of aromatic nitrogens is 2. The van der Waals surface area contributed by atoms with Gasteiger partial charge in [0.25, 0.3) is 0 Å². The van der Waals surface area contributed by atoms with Gasteiger partial charge >= 0.3 is 4.87 Å². The number of hydrogen-bond donors (Lipinski definition) is 2. The molecule has 0 saturated heterocycles. The predicted molar refractivity (Wildman–Crippen MR) is 118 cm³/mol. The fourth-order valence-electron chi connectivity index (χ4n) is 3.20. The number of aromatic amines is 1. The fourth-order valence-corrected chi connectivity index (χ4v) is 3.97. The molecule has 0 aliphatic carbocycles. The van der Waals surface area contributed by atoms with E-state index in [1.165, 1.54) is 0 Å². The van der Waals surface area contributed by atoms with Gasteiger partial charge in [0.05, 0.1) is 12.0 Å². The molecular formula is C23H22N2O5S. The van der Waals surface area contributed by atoms with Crippen LogP contribution in [0.5, 0.6) is 17.4 Å². The molecular weight excluding hydrogens is 416 g/mol. The van der Waals surface area contributed by atoms with E-state index in [1.807, 2.05) is 48.5 Å². The number of benzene rings is 2. The van der Waals surface area contributed by atoms with Crippen LogP contribution < -0.4 is 14.3 Å². The number of oxazole rings is 1. The standard InChI is InChI=1S/C23H22N2O5S/c1-28-19-12-15(6-5-9-20-21(26)25-23(27)31-20)10-11-18(19)29-13-17-14-30-22(24-17)16-7-3-2-4-8-16/h2-4,7-8,10-12,14,26H,5-6,9,13H2,1H3,(H,25,27). The number of rotatable bonds is 9. The highest BCUT2D eigenvalue weighted by atomic mass is 32.1. The topological polar surface area (TPSA) is 97.6 Å². The van der Waals surface area contributed by atoms with E-state index in [-0.39, 0.29) is 17.4 Å². The minimum absolute atomic E-state index is 0.0281. The van der Waals surface area contributed by atoms with Gasteiger partial charge in [0, 0.05) is 5.56 Å². The van der Waals surface area contributed by atoms with E-state index in [2.05, 4.69) is 9.97 Å². The summed E-state index contributed by atoms with van der Waals surface area (Å²) in [5.41, 5.74) is 2.69.